The lowest BCUT2D eigenvalue weighted by Crippen LogP contribution is -2.16. The van der Waals surface area contributed by atoms with Crippen molar-refractivity contribution in [3.05, 3.63) is 48.3 Å². The lowest BCUT2D eigenvalue weighted by atomic mass is 10.4. The predicted molar refractivity (Wildman–Crippen MR) is 61.5 cm³/mol. The van der Waals surface area contributed by atoms with Crippen molar-refractivity contribution in [1.82, 2.24) is 14.5 Å². The summed E-state index contributed by atoms with van der Waals surface area (Å²) in [5, 5.41) is 0. The molecule has 2 aromatic rings. The topological polar surface area (TPSA) is 56.7 Å². The molecule has 0 amide bonds. The molecule has 2 aromatic heterocycles. The molecule has 4 nitrogen and oxygen atoms in total. The molecule has 0 aliphatic carbocycles. The summed E-state index contributed by atoms with van der Waals surface area (Å²) in [6, 6.07) is 5.57. The number of rotatable bonds is 3. The van der Waals surface area contributed by atoms with E-state index in [0.717, 1.165) is 11.5 Å². The first-order valence-electron chi connectivity index (χ1n) is 4.48. The molecule has 2 rings (SSSR count). The van der Waals surface area contributed by atoms with Crippen LogP contribution in [-0.4, -0.2) is 19.5 Å². The second kappa shape index (κ2) is 4.18. The Morgan fingerprint density at radius 2 is 2.07 bits per heavy atom. The fourth-order valence-electron chi connectivity index (χ4n) is 1.34. The van der Waals surface area contributed by atoms with E-state index < -0.39 is 0 Å². The Hall–Kier alpha value is -1.75. The molecule has 2 heterocycles. The Bertz CT molecular complexity index is 463. The van der Waals surface area contributed by atoms with Crippen LogP contribution in [0.1, 0.15) is 11.5 Å². The highest BCUT2D eigenvalue weighted by Crippen LogP contribution is 2.04. The van der Waals surface area contributed by atoms with Crippen LogP contribution in [0.15, 0.2) is 36.8 Å². The van der Waals surface area contributed by atoms with Crippen LogP contribution in [0.5, 0.6) is 0 Å². The predicted octanol–water partition coefficient (Wildman–Crippen LogP) is 0.961. The van der Waals surface area contributed by atoms with Gasteiger partial charge in [0.05, 0.1) is 12.2 Å². The van der Waals surface area contributed by atoms with Gasteiger partial charge in [-0.1, -0.05) is 12.2 Å². The maximum Gasteiger partial charge on any atom is 0.147 e. The normalized spacial score (nSPS) is 10.1. The van der Waals surface area contributed by atoms with Crippen LogP contribution in [0, 0.1) is 0 Å². The first-order valence-corrected chi connectivity index (χ1v) is 4.89. The van der Waals surface area contributed by atoms with Gasteiger partial charge in [0.1, 0.15) is 10.8 Å². The van der Waals surface area contributed by atoms with Crippen LogP contribution in [0.25, 0.3) is 0 Å². The van der Waals surface area contributed by atoms with Gasteiger partial charge in [-0.25, -0.2) is 9.97 Å². The monoisotopic (exact) mass is 218 g/mol. The van der Waals surface area contributed by atoms with E-state index >= 15 is 0 Å². The zero-order chi connectivity index (χ0) is 10.7. The number of nitrogens with zero attached hydrogens (tertiary/aromatic N) is 3. The van der Waals surface area contributed by atoms with Gasteiger partial charge in [0.25, 0.3) is 0 Å². The summed E-state index contributed by atoms with van der Waals surface area (Å²) >= 11 is 4.94. The van der Waals surface area contributed by atoms with Crippen molar-refractivity contribution in [2.45, 2.75) is 6.54 Å². The van der Waals surface area contributed by atoms with Crippen molar-refractivity contribution in [3.8, 4) is 0 Å². The largest absolute Gasteiger partial charge is 0.388 e. The third-order valence-corrected chi connectivity index (χ3v) is 2.22. The number of nitrogens with two attached hydrogens (primary N) is 1. The summed E-state index contributed by atoms with van der Waals surface area (Å²) in [6.45, 7) is 0.584. The molecule has 5 heteroatoms. The molecule has 0 aliphatic rings. The van der Waals surface area contributed by atoms with E-state index in [-0.39, 0.29) is 0 Å². The van der Waals surface area contributed by atoms with Crippen LogP contribution in [-0.2, 0) is 6.54 Å². The van der Waals surface area contributed by atoms with Crippen molar-refractivity contribution in [2.24, 2.45) is 5.73 Å². The number of hydrogen-bond acceptors (Lipinski definition) is 3. The van der Waals surface area contributed by atoms with E-state index in [2.05, 4.69) is 9.97 Å². The Kier molecular flexibility index (Phi) is 2.73. The van der Waals surface area contributed by atoms with Crippen LogP contribution >= 0.6 is 12.2 Å². The summed E-state index contributed by atoms with van der Waals surface area (Å²) in [6.07, 6.45) is 5.34. The maximum absolute atomic E-state index is 5.58. The lowest BCUT2D eigenvalue weighted by molar-refractivity contribution is 0.743. The fraction of sp³-hybridized carbons (Fsp3) is 0.100. The Balaban J connectivity index is 2.25. The standard InChI is InChI=1S/C10H10N4S/c11-10(15)8-3-1-6-14(8)7-9-12-4-2-5-13-9/h1-6H,7H2,(H2,11,15). The minimum atomic E-state index is 0.385. The van der Waals surface area contributed by atoms with Gasteiger partial charge in [0, 0.05) is 18.6 Å². The molecule has 0 atom stereocenters. The van der Waals surface area contributed by atoms with Crippen LogP contribution < -0.4 is 5.73 Å². The van der Waals surface area contributed by atoms with Crippen LogP contribution in [0.2, 0.25) is 0 Å². The number of hydrogen-bond donors (Lipinski definition) is 1. The van der Waals surface area contributed by atoms with E-state index in [1.54, 1.807) is 18.5 Å². The van der Waals surface area contributed by atoms with Gasteiger partial charge in [-0.3, -0.25) is 0 Å². The second-order valence-electron chi connectivity index (χ2n) is 3.05. The van der Waals surface area contributed by atoms with E-state index in [9.17, 15) is 0 Å². The van der Waals surface area contributed by atoms with E-state index in [1.165, 1.54) is 0 Å². The van der Waals surface area contributed by atoms with Crippen molar-refractivity contribution >= 4 is 17.2 Å². The maximum atomic E-state index is 5.58. The van der Waals surface area contributed by atoms with Gasteiger partial charge in [-0.05, 0) is 18.2 Å². The molecule has 0 aliphatic heterocycles. The Morgan fingerprint density at radius 1 is 1.33 bits per heavy atom. The van der Waals surface area contributed by atoms with Gasteiger partial charge in [0.15, 0.2) is 0 Å². The zero-order valence-electron chi connectivity index (χ0n) is 8.00. The highest BCUT2D eigenvalue weighted by atomic mass is 32.1. The minimum Gasteiger partial charge on any atom is -0.388 e. The average molecular weight is 218 g/mol. The first-order chi connectivity index (χ1) is 7.27. The molecule has 0 bridgehead atoms. The quantitative estimate of drug-likeness (QED) is 0.780. The molecule has 0 aromatic carbocycles. The van der Waals surface area contributed by atoms with E-state index in [0.29, 0.717) is 11.5 Å². The van der Waals surface area contributed by atoms with Crippen molar-refractivity contribution in [3.63, 3.8) is 0 Å². The molecular formula is C10H10N4S. The fourth-order valence-corrected chi connectivity index (χ4v) is 1.52. The molecule has 76 valence electrons. The molecule has 0 saturated heterocycles. The summed E-state index contributed by atoms with van der Waals surface area (Å²) < 4.78 is 1.93. The Labute approximate surface area is 92.8 Å². The number of aromatic nitrogens is 3. The van der Waals surface area contributed by atoms with Gasteiger partial charge in [-0.15, -0.1) is 0 Å². The molecule has 0 fully saturated rings. The minimum absolute atomic E-state index is 0.385. The molecule has 0 spiro atoms. The molecule has 0 saturated carbocycles. The second-order valence-corrected chi connectivity index (χ2v) is 3.49. The summed E-state index contributed by atoms with van der Waals surface area (Å²) in [5.41, 5.74) is 6.41. The van der Waals surface area contributed by atoms with Crippen LogP contribution in [0.3, 0.4) is 0 Å². The smallest absolute Gasteiger partial charge is 0.147 e. The summed E-state index contributed by atoms with van der Waals surface area (Å²) in [7, 11) is 0. The third-order valence-electron chi connectivity index (χ3n) is 2.01. The highest BCUT2D eigenvalue weighted by molar-refractivity contribution is 7.80. The number of thiocarbonyl (C=S) groups is 1. The lowest BCUT2D eigenvalue weighted by Gasteiger charge is -2.06. The highest BCUT2D eigenvalue weighted by Gasteiger charge is 2.04. The molecule has 2 N–H and O–H groups in total. The third kappa shape index (κ3) is 2.19. The summed E-state index contributed by atoms with van der Waals surface area (Å²) in [4.78, 5) is 8.66. The molecule has 15 heavy (non-hydrogen) atoms. The van der Waals surface area contributed by atoms with Crippen molar-refractivity contribution in [2.75, 3.05) is 0 Å². The van der Waals surface area contributed by atoms with E-state index in [1.807, 2.05) is 22.9 Å². The van der Waals surface area contributed by atoms with Crippen molar-refractivity contribution in [1.29, 1.82) is 0 Å². The van der Waals surface area contributed by atoms with Gasteiger partial charge >= 0.3 is 0 Å². The van der Waals surface area contributed by atoms with Gasteiger partial charge in [-0.2, -0.15) is 0 Å². The Morgan fingerprint density at radius 3 is 2.73 bits per heavy atom. The van der Waals surface area contributed by atoms with Crippen molar-refractivity contribution < 1.29 is 0 Å². The molecule has 0 radical (unpaired) electrons. The SMILES string of the molecule is NC(=S)c1cccn1Cc1ncccn1. The van der Waals surface area contributed by atoms with Gasteiger partial charge < -0.3 is 10.3 Å². The first kappa shape index (κ1) is 9.79. The van der Waals surface area contributed by atoms with Crippen LogP contribution in [0.4, 0.5) is 0 Å². The van der Waals surface area contributed by atoms with E-state index in [4.69, 9.17) is 18.0 Å². The summed E-state index contributed by atoms with van der Waals surface area (Å²) in [5.74, 6) is 0.742. The average Bonchev–Trinajstić information content (AvgIpc) is 2.67. The van der Waals surface area contributed by atoms with Gasteiger partial charge in [0.2, 0.25) is 0 Å². The molecule has 0 unspecified atom stereocenters. The molecular weight excluding hydrogens is 208 g/mol. The zero-order valence-corrected chi connectivity index (χ0v) is 8.81.